The molecule has 4 nitrogen and oxygen atoms in total. The van der Waals surface area contributed by atoms with Gasteiger partial charge in [0.25, 0.3) is 0 Å². The summed E-state index contributed by atoms with van der Waals surface area (Å²) in [5.41, 5.74) is 3.64. The van der Waals surface area contributed by atoms with Crippen molar-refractivity contribution in [3.8, 4) is 45.3 Å². The lowest BCUT2D eigenvalue weighted by Crippen LogP contribution is -2.00. The van der Waals surface area contributed by atoms with Crippen molar-refractivity contribution in [2.24, 2.45) is 0 Å². The van der Waals surface area contributed by atoms with Gasteiger partial charge >= 0.3 is 0 Å². The van der Waals surface area contributed by atoms with E-state index in [0.717, 1.165) is 16.7 Å². The first-order valence-electron chi connectivity index (χ1n) is 14.7. The van der Waals surface area contributed by atoms with E-state index in [4.69, 9.17) is 27.6 Å². The number of furan rings is 1. The smallest absolute Gasteiger partial charge is 0.164 e. The van der Waals surface area contributed by atoms with E-state index < -0.39 is 0 Å². The zero-order valence-electron chi connectivity index (χ0n) is 25.4. The Bertz CT molecular complexity index is 2180. The van der Waals surface area contributed by atoms with Gasteiger partial charge in [-0.25, -0.2) is 15.0 Å². The fourth-order valence-electron chi connectivity index (χ4n) is 4.37. The van der Waals surface area contributed by atoms with Crippen LogP contribution in [0, 0.1) is 0 Å². The van der Waals surface area contributed by atoms with Crippen molar-refractivity contribution in [1.82, 2.24) is 15.0 Å². The number of rotatable bonds is 4. The van der Waals surface area contributed by atoms with Crippen LogP contribution in [0.15, 0.2) is 132 Å². The van der Waals surface area contributed by atoms with Gasteiger partial charge in [-0.1, -0.05) is 115 Å². The van der Waals surface area contributed by atoms with Crippen LogP contribution in [0.5, 0.6) is 0 Å². The van der Waals surface area contributed by atoms with Gasteiger partial charge in [-0.15, -0.1) is 0 Å². The number of nitrogens with zero attached hydrogens (tertiary/aromatic N) is 3. The standard InChI is InChI=1S/C33H21N3O/c1-3-10-22(11-4-1)23-18-20-25(21-19-23)32-34-31(24-12-5-2-6-13-24)35-33(36-32)27-15-9-17-29-30(27)26-14-7-8-16-28(26)37-29/h1-21H/i7D,8D,9D,15D,16D,17D. The van der Waals surface area contributed by atoms with E-state index in [9.17, 15) is 0 Å². The molecule has 0 spiro atoms. The molecule has 0 bridgehead atoms. The first kappa shape index (κ1) is 15.8. The highest BCUT2D eigenvalue weighted by molar-refractivity contribution is 6.11. The minimum absolute atomic E-state index is 0.00446. The molecule has 0 aliphatic rings. The normalized spacial score (nSPS) is 13.5. The largest absolute Gasteiger partial charge is 0.456 e. The van der Waals surface area contributed by atoms with E-state index in [0.29, 0.717) is 17.2 Å². The first-order valence-corrected chi connectivity index (χ1v) is 11.7. The second kappa shape index (κ2) is 8.85. The summed E-state index contributed by atoms with van der Waals surface area (Å²) in [6.07, 6.45) is 0. The predicted octanol–water partition coefficient (Wildman–Crippen LogP) is 8.44. The van der Waals surface area contributed by atoms with Crippen molar-refractivity contribution < 1.29 is 12.6 Å². The third-order valence-electron chi connectivity index (χ3n) is 6.16. The summed E-state index contributed by atoms with van der Waals surface area (Å²) >= 11 is 0. The fraction of sp³-hybridized carbons (Fsp3) is 0. The molecule has 7 rings (SSSR count). The molecule has 0 fully saturated rings. The molecular weight excluding hydrogens is 454 g/mol. The van der Waals surface area contributed by atoms with Gasteiger partial charge in [-0.3, -0.25) is 0 Å². The Morgan fingerprint density at radius 1 is 0.486 bits per heavy atom. The van der Waals surface area contributed by atoms with Crippen molar-refractivity contribution >= 4 is 21.9 Å². The summed E-state index contributed by atoms with van der Waals surface area (Å²) in [5.74, 6) is 0.793. The average molecular weight is 482 g/mol. The second-order valence-corrected chi connectivity index (χ2v) is 8.45. The van der Waals surface area contributed by atoms with Crippen LogP contribution in [-0.4, -0.2) is 15.0 Å². The molecule has 0 unspecified atom stereocenters. The van der Waals surface area contributed by atoms with Crippen molar-refractivity contribution in [2.75, 3.05) is 0 Å². The van der Waals surface area contributed by atoms with Crippen LogP contribution in [0.4, 0.5) is 0 Å². The molecule has 0 saturated carbocycles. The van der Waals surface area contributed by atoms with Gasteiger partial charge in [0.15, 0.2) is 17.5 Å². The summed E-state index contributed by atoms with van der Waals surface area (Å²) in [6.45, 7) is 0. The minimum Gasteiger partial charge on any atom is -0.456 e. The average Bonchev–Trinajstić information content (AvgIpc) is 3.42. The fourth-order valence-corrected chi connectivity index (χ4v) is 4.37. The van der Waals surface area contributed by atoms with Crippen LogP contribution in [-0.2, 0) is 0 Å². The number of benzene rings is 5. The monoisotopic (exact) mass is 481 g/mol. The lowest BCUT2D eigenvalue weighted by Gasteiger charge is -2.10. The minimum atomic E-state index is -0.388. The molecule has 0 aliphatic carbocycles. The van der Waals surface area contributed by atoms with Gasteiger partial charge in [0, 0.05) is 27.5 Å². The van der Waals surface area contributed by atoms with Gasteiger partial charge in [-0.05, 0) is 23.2 Å². The SMILES string of the molecule is [2H]c1cc2c(oc3c([2H])c([2H])c([2H])c(-c4nc(-c5ccccc5)nc(-c5ccc(-c6ccccc6)cc5)n4)c32)c([2H])c1[2H]. The Morgan fingerprint density at radius 2 is 1.05 bits per heavy atom. The number of hydrogen-bond donors (Lipinski definition) is 0. The van der Waals surface area contributed by atoms with Crippen molar-refractivity contribution in [2.45, 2.75) is 0 Å². The van der Waals surface area contributed by atoms with Crippen molar-refractivity contribution in [3.05, 3.63) is 127 Å². The maximum atomic E-state index is 8.91. The molecule has 0 atom stereocenters. The van der Waals surface area contributed by atoms with Crippen LogP contribution < -0.4 is 0 Å². The number of aromatic nitrogens is 3. The summed E-state index contributed by atoms with van der Waals surface area (Å²) in [4.78, 5) is 14.3. The summed E-state index contributed by atoms with van der Waals surface area (Å²) < 4.78 is 56.6. The maximum Gasteiger partial charge on any atom is 0.164 e. The van der Waals surface area contributed by atoms with Crippen LogP contribution in [0.1, 0.15) is 8.22 Å². The Labute approximate surface area is 222 Å². The molecule has 0 radical (unpaired) electrons. The molecule has 0 N–H and O–H groups in total. The Kier molecular flexibility index (Phi) is 3.78. The summed E-state index contributed by atoms with van der Waals surface area (Å²) in [6, 6.07) is 26.7. The highest BCUT2D eigenvalue weighted by atomic mass is 16.3. The molecule has 4 heteroatoms. The van der Waals surface area contributed by atoms with E-state index in [2.05, 4.69) is 0 Å². The lowest BCUT2D eigenvalue weighted by atomic mass is 10.0. The maximum absolute atomic E-state index is 8.91. The van der Waals surface area contributed by atoms with Gasteiger partial charge in [0.2, 0.25) is 0 Å². The molecule has 2 heterocycles. The van der Waals surface area contributed by atoms with E-state index in [1.165, 1.54) is 6.07 Å². The van der Waals surface area contributed by atoms with E-state index in [1.807, 2.05) is 84.9 Å². The van der Waals surface area contributed by atoms with Crippen LogP contribution in [0.25, 0.3) is 67.2 Å². The molecule has 0 saturated heterocycles. The van der Waals surface area contributed by atoms with Gasteiger partial charge in [0.05, 0.1) is 8.22 Å². The number of fused-ring (bicyclic) bond motifs is 3. The third kappa shape index (κ3) is 3.85. The molecule has 0 amide bonds. The third-order valence-corrected chi connectivity index (χ3v) is 6.16. The van der Waals surface area contributed by atoms with Gasteiger partial charge in [0.1, 0.15) is 11.2 Å². The highest BCUT2D eigenvalue weighted by Gasteiger charge is 2.17. The van der Waals surface area contributed by atoms with Crippen molar-refractivity contribution in [3.63, 3.8) is 0 Å². The van der Waals surface area contributed by atoms with Crippen molar-refractivity contribution in [1.29, 1.82) is 0 Å². The Hall–Kier alpha value is -5.09. The molecule has 2 aromatic heterocycles. The van der Waals surface area contributed by atoms with Crippen LogP contribution in [0.3, 0.4) is 0 Å². The zero-order valence-corrected chi connectivity index (χ0v) is 19.4. The molecular formula is C33H21N3O. The van der Waals surface area contributed by atoms with E-state index >= 15 is 0 Å². The quantitative estimate of drug-likeness (QED) is 0.253. The Balaban J connectivity index is 1.52. The van der Waals surface area contributed by atoms with Gasteiger partial charge < -0.3 is 4.42 Å². The predicted molar refractivity (Wildman–Crippen MR) is 149 cm³/mol. The first-order chi connectivity index (χ1) is 20.8. The number of para-hydroxylation sites is 1. The second-order valence-electron chi connectivity index (χ2n) is 8.45. The molecule has 7 aromatic rings. The topological polar surface area (TPSA) is 51.8 Å². The van der Waals surface area contributed by atoms with Crippen LogP contribution in [0.2, 0.25) is 0 Å². The molecule has 37 heavy (non-hydrogen) atoms. The molecule has 5 aromatic carbocycles. The number of hydrogen-bond acceptors (Lipinski definition) is 4. The zero-order chi connectivity index (χ0) is 29.8. The van der Waals surface area contributed by atoms with E-state index in [-0.39, 0.29) is 69.6 Å². The summed E-state index contributed by atoms with van der Waals surface area (Å²) in [5, 5.41) is 0.534. The molecule has 0 aliphatic heterocycles. The van der Waals surface area contributed by atoms with Gasteiger partial charge in [-0.2, -0.15) is 0 Å². The summed E-state index contributed by atoms with van der Waals surface area (Å²) in [7, 11) is 0. The van der Waals surface area contributed by atoms with E-state index in [1.54, 1.807) is 0 Å². The molecule has 174 valence electrons. The van der Waals surface area contributed by atoms with Crippen LogP contribution >= 0.6 is 0 Å². The lowest BCUT2D eigenvalue weighted by molar-refractivity contribution is 0.669. The highest BCUT2D eigenvalue weighted by Crippen LogP contribution is 2.36. The Morgan fingerprint density at radius 3 is 1.78 bits per heavy atom.